The topological polar surface area (TPSA) is 9.23 Å². The van der Waals surface area contributed by atoms with Gasteiger partial charge in [-0.2, -0.15) is 0 Å². The molecule has 0 saturated heterocycles. The molecular weight excluding hydrogens is 216 g/mol. The van der Waals surface area contributed by atoms with E-state index in [9.17, 15) is 0 Å². The summed E-state index contributed by atoms with van der Waals surface area (Å²) in [6.07, 6.45) is 3.07. The Balaban J connectivity index is 2.62. The summed E-state index contributed by atoms with van der Waals surface area (Å²) in [6.45, 7) is 6.49. The van der Waals surface area contributed by atoms with Crippen LogP contribution in [0.3, 0.4) is 0 Å². The zero-order valence-corrected chi connectivity index (χ0v) is 7.55. The van der Waals surface area contributed by atoms with Gasteiger partial charge in [-0.1, -0.05) is 0 Å². The molecule has 0 aliphatic carbocycles. The van der Waals surface area contributed by atoms with Gasteiger partial charge < -0.3 is 0 Å². The Morgan fingerprint density at radius 3 is 3.00 bits per heavy atom. The van der Waals surface area contributed by atoms with Crippen LogP contribution in [0.15, 0.2) is 12.7 Å². The van der Waals surface area contributed by atoms with Crippen LogP contribution in [0.4, 0.5) is 0 Å². The van der Waals surface area contributed by atoms with Gasteiger partial charge in [0.1, 0.15) is 0 Å². The average molecular weight is 228 g/mol. The van der Waals surface area contributed by atoms with Crippen LogP contribution in [-0.4, -0.2) is 27.9 Å². The molecule has 1 nitrogen and oxygen atoms in total. The first-order valence-corrected chi connectivity index (χ1v) is 5.37. The van der Waals surface area contributed by atoms with Gasteiger partial charge in [-0.3, -0.25) is 0 Å². The van der Waals surface area contributed by atoms with Gasteiger partial charge >= 0.3 is 61.5 Å². The van der Waals surface area contributed by atoms with Crippen molar-refractivity contribution >= 4 is 21.3 Å². The van der Waals surface area contributed by atoms with Crippen molar-refractivity contribution in [2.75, 3.05) is 6.61 Å². The van der Waals surface area contributed by atoms with Crippen molar-refractivity contribution in [2.24, 2.45) is 0 Å². The second-order valence-electron chi connectivity index (χ2n) is 1.40. The number of hydrogen-bond donors (Lipinski definition) is 0. The third-order valence-electron chi connectivity index (χ3n) is 0.557. The Morgan fingerprint density at radius 2 is 2.50 bits per heavy atom. The maximum atomic E-state index is 5.24. The molecule has 0 radical (unpaired) electrons. The van der Waals surface area contributed by atoms with E-state index in [-0.39, 0.29) is 21.3 Å². The SMILES string of the molecule is C=CCO[Te]CCC. The van der Waals surface area contributed by atoms with Gasteiger partial charge in [0, 0.05) is 0 Å². The standard InChI is InChI=1S/C6H12OTe/c1-3-5-7-8-6-4-2/h3H,1,4-6H2,2H3. The molecular formula is C6H12OTe. The molecule has 0 aromatic heterocycles. The van der Waals surface area contributed by atoms with Gasteiger partial charge in [0.25, 0.3) is 0 Å². The second kappa shape index (κ2) is 7.49. The van der Waals surface area contributed by atoms with Gasteiger partial charge in [0.2, 0.25) is 0 Å². The molecule has 0 rings (SSSR count). The van der Waals surface area contributed by atoms with Crippen molar-refractivity contribution in [2.45, 2.75) is 17.8 Å². The summed E-state index contributed by atoms with van der Waals surface area (Å²) in [7, 11) is 0. The Bertz CT molecular complexity index is 54.5. The van der Waals surface area contributed by atoms with E-state index < -0.39 is 0 Å². The number of hydrogen-bond acceptors (Lipinski definition) is 1. The molecule has 0 aromatic rings. The summed E-state index contributed by atoms with van der Waals surface area (Å²) >= 11 is -0.104. The third kappa shape index (κ3) is 6.49. The first-order valence-electron chi connectivity index (χ1n) is 2.77. The molecule has 0 N–H and O–H groups in total. The van der Waals surface area contributed by atoms with Crippen molar-refractivity contribution < 1.29 is 3.10 Å². The van der Waals surface area contributed by atoms with Crippen LogP contribution in [0.1, 0.15) is 13.3 Å². The van der Waals surface area contributed by atoms with Crippen LogP contribution in [0.2, 0.25) is 4.47 Å². The number of rotatable bonds is 5. The summed E-state index contributed by atoms with van der Waals surface area (Å²) in [5.41, 5.74) is 0. The molecule has 0 aliphatic heterocycles. The van der Waals surface area contributed by atoms with Gasteiger partial charge in [-0.25, -0.2) is 0 Å². The van der Waals surface area contributed by atoms with Gasteiger partial charge in [-0.05, 0) is 0 Å². The molecule has 0 saturated carbocycles. The summed E-state index contributed by atoms with van der Waals surface area (Å²) in [5.74, 6) is 0. The maximum absolute atomic E-state index is 5.24. The molecule has 0 spiro atoms. The Kier molecular flexibility index (Phi) is 7.95. The molecule has 0 bridgehead atoms. The van der Waals surface area contributed by atoms with E-state index >= 15 is 0 Å². The summed E-state index contributed by atoms with van der Waals surface area (Å²) < 4.78 is 6.53. The fourth-order valence-electron chi connectivity index (χ4n) is 0.238. The molecule has 0 heterocycles. The summed E-state index contributed by atoms with van der Waals surface area (Å²) in [6, 6.07) is 0. The fourth-order valence-corrected chi connectivity index (χ4v) is 1.60. The van der Waals surface area contributed by atoms with Crippen LogP contribution in [0, 0.1) is 0 Å². The third-order valence-corrected chi connectivity index (χ3v) is 3.06. The second-order valence-corrected chi connectivity index (χ2v) is 3.91. The fraction of sp³-hybridized carbons (Fsp3) is 0.667. The molecule has 0 aromatic carbocycles. The minimum atomic E-state index is -0.104. The predicted octanol–water partition coefficient (Wildman–Crippen LogP) is 1.64. The molecule has 0 atom stereocenters. The van der Waals surface area contributed by atoms with E-state index in [1.54, 1.807) is 6.08 Å². The predicted molar refractivity (Wildman–Crippen MR) is 37.0 cm³/mol. The van der Waals surface area contributed by atoms with Crippen LogP contribution >= 0.6 is 0 Å². The average Bonchev–Trinajstić information content (AvgIpc) is 1.81. The molecule has 0 fully saturated rings. The Labute approximate surface area is 61.7 Å². The summed E-state index contributed by atoms with van der Waals surface area (Å²) in [5, 5.41) is 0. The molecule has 48 valence electrons. The zero-order chi connectivity index (χ0) is 6.24. The van der Waals surface area contributed by atoms with Gasteiger partial charge in [0.05, 0.1) is 0 Å². The van der Waals surface area contributed by atoms with E-state index in [0.717, 1.165) is 6.61 Å². The van der Waals surface area contributed by atoms with Crippen molar-refractivity contribution in [3.63, 3.8) is 0 Å². The molecule has 0 aliphatic rings. The van der Waals surface area contributed by atoms with E-state index in [1.165, 1.54) is 10.9 Å². The van der Waals surface area contributed by atoms with E-state index in [4.69, 9.17) is 3.10 Å². The van der Waals surface area contributed by atoms with Crippen molar-refractivity contribution in [3.05, 3.63) is 12.7 Å². The molecule has 2 heteroatoms. The van der Waals surface area contributed by atoms with Crippen molar-refractivity contribution in [3.8, 4) is 0 Å². The van der Waals surface area contributed by atoms with Crippen LogP contribution < -0.4 is 0 Å². The molecule has 8 heavy (non-hydrogen) atoms. The van der Waals surface area contributed by atoms with Gasteiger partial charge in [0.15, 0.2) is 0 Å². The van der Waals surface area contributed by atoms with Crippen LogP contribution in [-0.2, 0) is 3.10 Å². The van der Waals surface area contributed by atoms with E-state index in [1.807, 2.05) is 0 Å². The minimum absolute atomic E-state index is 0.104. The van der Waals surface area contributed by atoms with Crippen LogP contribution in [0.5, 0.6) is 0 Å². The quantitative estimate of drug-likeness (QED) is 0.394. The Hall–Kier alpha value is 0.490. The van der Waals surface area contributed by atoms with Crippen LogP contribution in [0.25, 0.3) is 0 Å². The van der Waals surface area contributed by atoms with Crippen molar-refractivity contribution in [1.82, 2.24) is 0 Å². The zero-order valence-electron chi connectivity index (χ0n) is 5.22. The first kappa shape index (κ1) is 8.49. The van der Waals surface area contributed by atoms with E-state index in [0.29, 0.717) is 0 Å². The monoisotopic (exact) mass is 230 g/mol. The molecule has 0 unspecified atom stereocenters. The summed E-state index contributed by atoms with van der Waals surface area (Å²) in [4.78, 5) is 0. The van der Waals surface area contributed by atoms with Gasteiger partial charge in [-0.15, -0.1) is 0 Å². The Morgan fingerprint density at radius 1 is 1.75 bits per heavy atom. The molecule has 0 amide bonds. The normalized spacial score (nSPS) is 9.12. The van der Waals surface area contributed by atoms with Crippen molar-refractivity contribution in [1.29, 1.82) is 0 Å². The first-order chi connectivity index (χ1) is 3.91. The van der Waals surface area contributed by atoms with E-state index in [2.05, 4.69) is 13.5 Å².